The molecule has 2 nitrogen and oxygen atoms in total. The quantitative estimate of drug-likeness (QED) is 0.0995. The van der Waals surface area contributed by atoms with Crippen LogP contribution < -0.4 is 30.5 Å². The van der Waals surface area contributed by atoms with Gasteiger partial charge in [-0.05, 0) is 177 Å². The average Bonchev–Trinajstić information content (AvgIpc) is 3.32. The zero-order valence-corrected chi connectivity index (χ0v) is 48.6. The standard InChI is InChI=1S/C70H82N2Si/c1-47-19-31-59(32-20-47)73(60-33-21-48(2)22-34-60,61-35-27-57(28-36-61)71(63-39-23-53(43-49(63)3)67(7,8)9)64-40-24-54(44-50(64)4)68(10,11)12)62-37-29-58(30-38-62)72(65-41-25-55(45-51(65)5)69(13,14)15)66-42-26-56(46-52(66)6)70(16,17)18/h19-46H,1-18H3. The molecule has 0 saturated heterocycles. The maximum atomic E-state index is 2.49. The molecule has 0 aliphatic rings. The molecule has 0 unspecified atom stereocenters. The third-order valence-electron chi connectivity index (χ3n) is 15.3. The molecule has 0 spiro atoms. The number of aryl methyl sites for hydroxylation is 6. The number of rotatable bonds is 10. The fourth-order valence-electron chi connectivity index (χ4n) is 10.6. The highest BCUT2D eigenvalue weighted by atomic mass is 28.3. The third kappa shape index (κ3) is 10.7. The second kappa shape index (κ2) is 19.8. The molecule has 0 atom stereocenters. The highest BCUT2D eigenvalue weighted by molar-refractivity contribution is 7.19. The Morgan fingerprint density at radius 3 is 0.658 bits per heavy atom. The van der Waals surface area contributed by atoms with Gasteiger partial charge in [0.25, 0.3) is 0 Å². The Labute approximate surface area is 442 Å². The monoisotopic (exact) mass is 979 g/mol. The number of hydrogen-bond acceptors (Lipinski definition) is 2. The highest BCUT2D eigenvalue weighted by Crippen LogP contribution is 2.43. The van der Waals surface area contributed by atoms with Gasteiger partial charge in [0.15, 0.2) is 8.07 Å². The predicted octanol–water partition coefficient (Wildman–Crippen LogP) is 17.0. The van der Waals surface area contributed by atoms with Gasteiger partial charge in [0.05, 0.1) is 0 Å². The second-order valence-electron chi connectivity index (χ2n) is 25.3. The van der Waals surface area contributed by atoms with Crippen LogP contribution in [0.5, 0.6) is 0 Å². The zero-order valence-electron chi connectivity index (χ0n) is 47.6. The number of anilines is 6. The van der Waals surface area contributed by atoms with E-state index in [0.717, 1.165) is 11.4 Å². The highest BCUT2D eigenvalue weighted by Gasteiger charge is 2.42. The Balaban J connectivity index is 1.35. The van der Waals surface area contributed by atoms with E-state index in [2.05, 4.69) is 304 Å². The zero-order chi connectivity index (χ0) is 53.0. The Hall–Kier alpha value is -6.42. The van der Waals surface area contributed by atoms with Crippen molar-refractivity contribution in [2.24, 2.45) is 0 Å². The number of nitrogens with zero attached hydrogens (tertiary/aromatic N) is 2. The van der Waals surface area contributed by atoms with Crippen LogP contribution in [-0.4, -0.2) is 8.07 Å². The van der Waals surface area contributed by atoms with Crippen molar-refractivity contribution in [2.45, 2.75) is 146 Å². The van der Waals surface area contributed by atoms with Gasteiger partial charge >= 0.3 is 0 Å². The maximum Gasteiger partial charge on any atom is 0.179 e. The van der Waals surface area contributed by atoms with Crippen molar-refractivity contribution < 1.29 is 0 Å². The summed E-state index contributed by atoms with van der Waals surface area (Å²) in [5.41, 5.74) is 20.2. The minimum Gasteiger partial charge on any atom is -0.310 e. The van der Waals surface area contributed by atoms with Crippen LogP contribution in [0.3, 0.4) is 0 Å². The summed E-state index contributed by atoms with van der Waals surface area (Å²) in [5, 5.41) is 5.41. The van der Waals surface area contributed by atoms with Crippen molar-refractivity contribution in [1.82, 2.24) is 0 Å². The van der Waals surface area contributed by atoms with E-state index in [-0.39, 0.29) is 21.7 Å². The minimum absolute atomic E-state index is 0.0454. The molecule has 0 aliphatic heterocycles. The fraction of sp³-hybridized carbons (Fsp3) is 0.314. The summed E-state index contributed by atoms with van der Waals surface area (Å²) < 4.78 is 0. The van der Waals surface area contributed by atoms with E-state index in [1.54, 1.807) is 0 Å². The molecule has 0 aromatic heterocycles. The summed E-state index contributed by atoms with van der Waals surface area (Å²) in [6.45, 7) is 41.1. The topological polar surface area (TPSA) is 6.48 Å². The molecular weight excluding hydrogens is 897 g/mol. The molecule has 0 radical (unpaired) electrons. The Morgan fingerprint density at radius 2 is 0.466 bits per heavy atom. The predicted molar refractivity (Wildman–Crippen MR) is 323 cm³/mol. The molecule has 0 fully saturated rings. The van der Waals surface area contributed by atoms with Crippen molar-refractivity contribution in [2.75, 3.05) is 9.80 Å². The summed E-state index contributed by atoms with van der Waals surface area (Å²) >= 11 is 0. The third-order valence-corrected chi connectivity index (χ3v) is 20.1. The van der Waals surface area contributed by atoms with Gasteiger partial charge in [-0.25, -0.2) is 0 Å². The Morgan fingerprint density at radius 1 is 0.260 bits per heavy atom. The first-order valence-electron chi connectivity index (χ1n) is 26.6. The van der Waals surface area contributed by atoms with Gasteiger partial charge in [0.1, 0.15) is 0 Å². The molecule has 3 heteroatoms. The van der Waals surface area contributed by atoms with Gasteiger partial charge in [-0.2, -0.15) is 0 Å². The molecule has 0 N–H and O–H groups in total. The normalized spacial score (nSPS) is 12.5. The summed E-state index contributed by atoms with van der Waals surface area (Å²) in [7, 11) is -2.97. The van der Waals surface area contributed by atoms with Crippen LogP contribution in [0.25, 0.3) is 0 Å². The average molecular weight is 980 g/mol. The van der Waals surface area contributed by atoms with Gasteiger partial charge < -0.3 is 9.80 Å². The van der Waals surface area contributed by atoms with Crippen molar-refractivity contribution in [1.29, 1.82) is 0 Å². The van der Waals surface area contributed by atoms with Crippen LogP contribution in [0.4, 0.5) is 34.1 Å². The SMILES string of the molecule is Cc1ccc([Si](c2ccc(C)cc2)(c2ccc(N(c3ccc(C(C)(C)C)cc3C)c3ccc(C(C)(C)C)cc3C)cc2)c2ccc(N(c3ccc(C(C)(C)C)cc3C)c3ccc(C(C)(C)C)cc3C)cc2)cc1. The smallest absolute Gasteiger partial charge is 0.179 e. The van der Waals surface area contributed by atoms with Crippen molar-refractivity contribution in [3.63, 3.8) is 0 Å². The molecule has 8 rings (SSSR count). The van der Waals surface area contributed by atoms with E-state index < -0.39 is 8.07 Å². The van der Waals surface area contributed by atoms with E-state index in [4.69, 9.17) is 0 Å². The fourth-order valence-corrected chi connectivity index (χ4v) is 15.3. The lowest BCUT2D eigenvalue weighted by Crippen LogP contribution is -2.74. The van der Waals surface area contributed by atoms with E-state index in [9.17, 15) is 0 Å². The Bertz CT molecular complexity index is 2890. The van der Waals surface area contributed by atoms with Gasteiger partial charge in [-0.3, -0.25) is 0 Å². The molecule has 376 valence electrons. The summed E-state index contributed by atoms with van der Waals surface area (Å²) in [6.07, 6.45) is 0. The van der Waals surface area contributed by atoms with Crippen LogP contribution in [0, 0.1) is 41.5 Å². The Kier molecular flexibility index (Phi) is 14.3. The summed E-state index contributed by atoms with van der Waals surface area (Å²) in [5.74, 6) is 0. The molecule has 0 aliphatic carbocycles. The molecular formula is C70H82N2Si. The lowest BCUT2D eigenvalue weighted by molar-refractivity contribution is 0.589. The van der Waals surface area contributed by atoms with E-state index in [0.29, 0.717) is 0 Å². The first-order chi connectivity index (χ1) is 34.2. The van der Waals surface area contributed by atoms with Crippen molar-refractivity contribution in [3.8, 4) is 0 Å². The van der Waals surface area contributed by atoms with Gasteiger partial charge in [-0.15, -0.1) is 0 Å². The second-order valence-corrected chi connectivity index (χ2v) is 29.1. The van der Waals surface area contributed by atoms with E-state index >= 15 is 0 Å². The van der Waals surface area contributed by atoms with Crippen LogP contribution >= 0.6 is 0 Å². The van der Waals surface area contributed by atoms with Crippen LogP contribution in [-0.2, 0) is 21.7 Å². The number of benzene rings is 8. The molecule has 0 saturated carbocycles. The van der Waals surface area contributed by atoms with Crippen molar-refractivity contribution >= 4 is 62.9 Å². The van der Waals surface area contributed by atoms with E-state index in [1.165, 1.54) is 99.1 Å². The van der Waals surface area contributed by atoms with Crippen molar-refractivity contribution in [3.05, 3.63) is 225 Å². The first-order valence-corrected chi connectivity index (χ1v) is 28.6. The maximum absolute atomic E-state index is 2.97. The molecule has 8 aromatic rings. The minimum atomic E-state index is -2.97. The summed E-state index contributed by atoms with van der Waals surface area (Å²) in [6, 6.07) is 66.4. The van der Waals surface area contributed by atoms with E-state index in [1.807, 2.05) is 0 Å². The summed E-state index contributed by atoms with van der Waals surface area (Å²) in [4.78, 5) is 4.98. The molecule has 0 heterocycles. The lowest BCUT2D eigenvalue weighted by atomic mass is 9.85. The van der Waals surface area contributed by atoms with Crippen LogP contribution in [0.2, 0.25) is 0 Å². The molecule has 0 amide bonds. The number of hydrogen-bond donors (Lipinski definition) is 0. The van der Waals surface area contributed by atoms with Crippen LogP contribution in [0.15, 0.2) is 170 Å². The van der Waals surface area contributed by atoms with Crippen LogP contribution in [0.1, 0.15) is 139 Å². The molecule has 73 heavy (non-hydrogen) atoms. The largest absolute Gasteiger partial charge is 0.310 e. The van der Waals surface area contributed by atoms with Gasteiger partial charge in [-0.1, -0.05) is 216 Å². The molecule has 0 bridgehead atoms. The first kappa shape index (κ1) is 52.9. The molecule has 8 aromatic carbocycles. The van der Waals surface area contributed by atoms with Gasteiger partial charge in [0.2, 0.25) is 0 Å². The lowest BCUT2D eigenvalue weighted by Gasteiger charge is -2.36. The van der Waals surface area contributed by atoms with Gasteiger partial charge in [0, 0.05) is 34.1 Å².